The molecule has 0 heterocycles. The largest absolute Gasteiger partial charge is 0.481 e. The molecule has 0 aliphatic carbocycles. The van der Waals surface area contributed by atoms with Gasteiger partial charge in [0.15, 0.2) is 0 Å². The summed E-state index contributed by atoms with van der Waals surface area (Å²) in [7, 11) is 0. The van der Waals surface area contributed by atoms with Gasteiger partial charge in [-0.15, -0.1) is 0 Å². The van der Waals surface area contributed by atoms with Gasteiger partial charge in [0.25, 0.3) is 0 Å². The van der Waals surface area contributed by atoms with Crippen LogP contribution in [0.25, 0.3) is 0 Å². The molecule has 0 radical (unpaired) electrons. The molecule has 0 aliphatic heterocycles. The molecule has 164 valence electrons. The zero-order valence-corrected chi connectivity index (χ0v) is 15.6. The lowest BCUT2D eigenvalue weighted by atomic mass is 10.1. The first-order chi connectivity index (χ1) is 13.4. The molecule has 14 nitrogen and oxygen atoms in total. The van der Waals surface area contributed by atoms with E-state index < -0.39 is 79.2 Å². The van der Waals surface area contributed by atoms with Crippen LogP contribution in [-0.2, 0) is 28.8 Å². The standard InChI is InChI=1S/C15H25N5O9/c1-6(15(28)29)18-14(27)9(4-10(17)22)20-13(26)8(2-3-11(23)24)19-12(25)7(16)5-21/h6-9,21H,2-5,16H2,1H3,(H2,17,22)(H,18,27)(H,19,25)(H,20,26)(H,23,24)(H,28,29). The van der Waals surface area contributed by atoms with E-state index in [-0.39, 0.29) is 6.42 Å². The molecule has 10 N–H and O–H groups in total. The number of carbonyl (C=O) groups is 6. The lowest BCUT2D eigenvalue weighted by Gasteiger charge is -2.23. The molecule has 0 aromatic carbocycles. The first-order valence-corrected chi connectivity index (χ1v) is 8.39. The highest BCUT2D eigenvalue weighted by molar-refractivity contribution is 5.96. The number of carboxylic acid groups (broad SMARTS) is 2. The lowest BCUT2D eigenvalue weighted by molar-refractivity contribution is -0.142. The van der Waals surface area contributed by atoms with Crippen molar-refractivity contribution in [1.29, 1.82) is 0 Å². The SMILES string of the molecule is CC(NC(=O)C(CC(N)=O)NC(=O)C(CCC(=O)O)NC(=O)C(N)CO)C(=O)O. The zero-order valence-electron chi connectivity index (χ0n) is 15.6. The summed E-state index contributed by atoms with van der Waals surface area (Å²) in [6.07, 6.45) is -1.60. The van der Waals surface area contributed by atoms with Crippen LogP contribution in [0.2, 0.25) is 0 Å². The third-order valence-electron chi connectivity index (χ3n) is 3.58. The van der Waals surface area contributed by atoms with Crippen LogP contribution in [0.3, 0.4) is 0 Å². The Labute approximate surface area is 165 Å². The number of aliphatic hydroxyl groups is 1. The molecule has 0 saturated heterocycles. The highest BCUT2D eigenvalue weighted by Gasteiger charge is 2.30. The Morgan fingerprint density at radius 3 is 1.86 bits per heavy atom. The molecule has 0 bridgehead atoms. The Morgan fingerprint density at radius 1 is 0.897 bits per heavy atom. The predicted octanol–water partition coefficient (Wildman–Crippen LogP) is -4.39. The van der Waals surface area contributed by atoms with Gasteiger partial charge in [-0.3, -0.25) is 28.8 Å². The molecule has 0 aromatic heterocycles. The van der Waals surface area contributed by atoms with Crippen molar-refractivity contribution < 1.29 is 44.1 Å². The van der Waals surface area contributed by atoms with Crippen molar-refractivity contribution in [3.05, 3.63) is 0 Å². The second-order valence-corrected chi connectivity index (χ2v) is 6.08. The van der Waals surface area contributed by atoms with Gasteiger partial charge >= 0.3 is 11.9 Å². The summed E-state index contributed by atoms with van der Waals surface area (Å²) in [6, 6.07) is -5.75. The first kappa shape index (κ1) is 25.7. The number of amides is 4. The van der Waals surface area contributed by atoms with Crippen LogP contribution in [0, 0.1) is 0 Å². The minimum Gasteiger partial charge on any atom is -0.481 e. The summed E-state index contributed by atoms with van der Waals surface area (Å²) in [6.45, 7) is 0.411. The normalized spacial score (nSPS) is 14.6. The van der Waals surface area contributed by atoms with Gasteiger partial charge in [0, 0.05) is 6.42 Å². The van der Waals surface area contributed by atoms with Crippen molar-refractivity contribution in [1.82, 2.24) is 16.0 Å². The van der Waals surface area contributed by atoms with E-state index in [4.69, 9.17) is 26.8 Å². The van der Waals surface area contributed by atoms with Crippen LogP contribution in [-0.4, -0.2) is 81.7 Å². The van der Waals surface area contributed by atoms with Gasteiger partial charge in [-0.05, 0) is 13.3 Å². The summed E-state index contributed by atoms with van der Waals surface area (Å²) in [4.78, 5) is 69.2. The number of rotatable bonds is 13. The lowest BCUT2D eigenvalue weighted by Crippen LogP contribution is -2.57. The van der Waals surface area contributed by atoms with Gasteiger partial charge in [0.05, 0.1) is 13.0 Å². The molecule has 29 heavy (non-hydrogen) atoms. The van der Waals surface area contributed by atoms with E-state index in [9.17, 15) is 28.8 Å². The van der Waals surface area contributed by atoms with E-state index >= 15 is 0 Å². The van der Waals surface area contributed by atoms with Crippen LogP contribution >= 0.6 is 0 Å². The number of nitrogens with one attached hydrogen (secondary N) is 3. The van der Waals surface area contributed by atoms with Crippen molar-refractivity contribution >= 4 is 35.6 Å². The molecule has 0 saturated carbocycles. The van der Waals surface area contributed by atoms with Crippen molar-refractivity contribution in [2.24, 2.45) is 11.5 Å². The van der Waals surface area contributed by atoms with Crippen molar-refractivity contribution in [3.63, 3.8) is 0 Å². The number of carbonyl (C=O) groups excluding carboxylic acids is 4. The van der Waals surface area contributed by atoms with Crippen LogP contribution in [0.4, 0.5) is 0 Å². The van der Waals surface area contributed by atoms with Gasteiger partial charge < -0.3 is 42.7 Å². The van der Waals surface area contributed by atoms with Crippen LogP contribution in [0.15, 0.2) is 0 Å². The summed E-state index contributed by atoms with van der Waals surface area (Å²) in [5.41, 5.74) is 10.4. The number of primary amides is 1. The Balaban J connectivity index is 5.37. The smallest absolute Gasteiger partial charge is 0.325 e. The molecule has 14 heteroatoms. The zero-order chi connectivity index (χ0) is 22.7. The van der Waals surface area contributed by atoms with E-state index in [0.717, 1.165) is 6.92 Å². The molecule has 0 fully saturated rings. The Kier molecular flexibility index (Phi) is 10.9. The van der Waals surface area contributed by atoms with E-state index in [1.54, 1.807) is 0 Å². The minimum atomic E-state index is -1.57. The minimum absolute atomic E-state index is 0.387. The topological polar surface area (TPSA) is 251 Å². The Bertz CT molecular complexity index is 654. The number of nitrogens with two attached hydrogens (primary N) is 2. The van der Waals surface area contributed by atoms with Crippen LogP contribution in [0.5, 0.6) is 0 Å². The molecule has 4 unspecified atom stereocenters. The van der Waals surface area contributed by atoms with E-state index in [2.05, 4.69) is 16.0 Å². The number of hydrogen-bond donors (Lipinski definition) is 8. The summed E-state index contributed by atoms with van der Waals surface area (Å²) < 4.78 is 0. The molecule has 0 aromatic rings. The Morgan fingerprint density at radius 2 is 1.41 bits per heavy atom. The van der Waals surface area contributed by atoms with Crippen LogP contribution < -0.4 is 27.4 Å². The molecule has 4 amide bonds. The van der Waals surface area contributed by atoms with E-state index in [1.807, 2.05) is 0 Å². The van der Waals surface area contributed by atoms with Gasteiger partial charge in [-0.2, -0.15) is 0 Å². The van der Waals surface area contributed by atoms with Gasteiger partial charge in [0.1, 0.15) is 24.2 Å². The van der Waals surface area contributed by atoms with Crippen LogP contribution in [0.1, 0.15) is 26.2 Å². The molecule has 0 aliphatic rings. The number of hydrogen-bond acceptors (Lipinski definition) is 8. The first-order valence-electron chi connectivity index (χ1n) is 8.39. The average molecular weight is 419 g/mol. The Hall–Kier alpha value is -3.26. The second-order valence-electron chi connectivity index (χ2n) is 6.08. The van der Waals surface area contributed by atoms with Gasteiger partial charge in [-0.25, -0.2) is 0 Å². The molecule has 0 rings (SSSR count). The van der Waals surface area contributed by atoms with Gasteiger partial charge in [-0.1, -0.05) is 0 Å². The summed E-state index contributed by atoms with van der Waals surface area (Å²) in [5, 5.41) is 32.8. The highest BCUT2D eigenvalue weighted by atomic mass is 16.4. The fraction of sp³-hybridized carbons (Fsp3) is 0.600. The second kappa shape index (κ2) is 12.2. The van der Waals surface area contributed by atoms with Crippen molar-refractivity contribution in [2.45, 2.75) is 50.4 Å². The number of aliphatic carboxylic acids is 2. The fourth-order valence-electron chi connectivity index (χ4n) is 1.96. The number of aliphatic hydroxyl groups excluding tert-OH is 1. The van der Waals surface area contributed by atoms with Crippen molar-refractivity contribution in [2.75, 3.05) is 6.61 Å². The quantitative estimate of drug-likeness (QED) is 0.142. The molecular weight excluding hydrogens is 394 g/mol. The molecule has 4 atom stereocenters. The monoisotopic (exact) mass is 419 g/mol. The van der Waals surface area contributed by atoms with E-state index in [1.165, 1.54) is 0 Å². The van der Waals surface area contributed by atoms with Crippen molar-refractivity contribution in [3.8, 4) is 0 Å². The third kappa shape index (κ3) is 10.0. The average Bonchev–Trinajstić information content (AvgIpc) is 2.62. The number of carboxylic acids is 2. The maximum absolute atomic E-state index is 12.4. The van der Waals surface area contributed by atoms with Gasteiger partial charge in [0.2, 0.25) is 23.6 Å². The third-order valence-corrected chi connectivity index (χ3v) is 3.58. The summed E-state index contributed by atoms with van der Waals surface area (Å²) >= 11 is 0. The summed E-state index contributed by atoms with van der Waals surface area (Å²) in [5.74, 6) is -6.64. The van der Waals surface area contributed by atoms with E-state index in [0.29, 0.717) is 0 Å². The molecule has 0 spiro atoms. The maximum Gasteiger partial charge on any atom is 0.325 e. The maximum atomic E-state index is 12.4. The highest BCUT2D eigenvalue weighted by Crippen LogP contribution is 2.02. The molecular formula is C15H25N5O9. The fourth-order valence-corrected chi connectivity index (χ4v) is 1.96. The predicted molar refractivity (Wildman–Crippen MR) is 94.8 cm³/mol.